The van der Waals surface area contributed by atoms with Gasteiger partial charge in [-0.2, -0.15) is 0 Å². The van der Waals surface area contributed by atoms with Crippen molar-refractivity contribution in [2.75, 3.05) is 6.61 Å². The quantitative estimate of drug-likeness (QED) is 0.547. The molecule has 1 aromatic carbocycles. The first kappa shape index (κ1) is 22.6. The van der Waals surface area contributed by atoms with Crippen LogP contribution in [-0.2, 0) is 4.79 Å². The number of ether oxygens (including phenoxy) is 1. The van der Waals surface area contributed by atoms with Crippen LogP contribution in [0.2, 0.25) is 5.02 Å². The minimum Gasteiger partial charge on any atom is -0.484 e. The Labute approximate surface area is 199 Å². The Bertz CT molecular complexity index is 1080. The molecule has 2 aromatic rings. The van der Waals surface area contributed by atoms with E-state index in [0.29, 0.717) is 43.7 Å². The highest BCUT2D eigenvalue weighted by Crippen LogP contribution is 2.47. The van der Waals surface area contributed by atoms with Crippen LogP contribution in [0.5, 0.6) is 5.75 Å². The fourth-order valence-electron chi connectivity index (χ4n) is 4.91. The van der Waals surface area contributed by atoms with E-state index in [4.69, 9.17) is 16.3 Å². The van der Waals surface area contributed by atoms with Crippen molar-refractivity contribution in [2.45, 2.75) is 68.0 Å². The molecule has 2 bridgehead atoms. The van der Waals surface area contributed by atoms with Crippen LogP contribution in [0.3, 0.4) is 0 Å². The van der Waals surface area contributed by atoms with Gasteiger partial charge in [0.05, 0.1) is 21.7 Å². The van der Waals surface area contributed by atoms with Crippen LogP contribution in [0.4, 0.5) is 4.39 Å². The highest BCUT2D eigenvalue weighted by atomic mass is 35.5. The van der Waals surface area contributed by atoms with Gasteiger partial charge in [0, 0.05) is 22.9 Å². The number of carbonyl (C=O) groups excluding carboxylic acids is 2. The van der Waals surface area contributed by atoms with Crippen LogP contribution < -0.4 is 15.4 Å². The van der Waals surface area contributed by atoms with Crippen molar-refractivity contribution in [1.82, 2.24) is 15.6 Å². The zero-order chi connectivity index (χ0) is 23.2. The number of hydrogen-bond donors (Lipinski definition) is 3. The fraction of sp³-hybridized carbons (Fsp3) is 0.522. The molecule has 1 heterocycles. The molecule has 1 atom stereocenters. The van der Waals surface area contributed by atoms with Gasteiger partial charge < -0.3 is 20.5 Å². The van der Waals surface area contributed by atoms with E-state index in [-0.39, 0.29) is 23.3 Å². The van der Waals surface area contributed by atoms with E-state index in [2.05, 4.69) is 15.6 Å². The SMILES string of the molecule is O=C(COc1ccc(Cl)c(F)c1)NC12CCC(NC(=O)c3csc(C4CC4)n3)(CC1)C[C@@H]2O. The highest BCUT2D eigenvalue weighted by molar-refractivity contribution is 7.10. The second-order valence-electron chi connectivity index (χ2n) is 9.37. The van der Waals surface area contributed by atoms with Crippen LogP contribution in [0.25, 0.3) is 0 Å². The van der Waals surface area contributed by atoms with E-state index in [1.807, 2.05) is 0 Å². The topological polar surface area (TPSA) is 101 Å². The van der Waals surface area contributed by atoms with E-state index >= 15 is 0 Å². The Kier molecular flexibility index (Phi) is 5.83. The summed E-state index contributed by atoms with van der Waals surface area (Å²) in [6, 6.07) is 3.97. The third-order valence-electron chi connectivity index (χ3n) is 7.03. The number of rotatable bonds is 7. The van der Waals surface area contributed by atoms with Crippen LogP contribution in [0, 0.1) is 5.82 Å². The summed E-state index contributed by atoms with van der Waals surface area (Å²) in [5.74, 6) is -0.507. The third-order valence-corrected chi connectivity index (χ3v) is 8.34. The number of aliphatic hydroxyl groups is 1. The van der Waals surface area contributed by atoms with Crippen molar-refractivity contribution in [3.05, 3.63) is 45.1 Å². The Balaban J connectivity index is 1.17. The van der Waals surface area contributed by atoms with E-state index < -0.39 is 28.9 Å². The van der Waals surface area contributed by atoms with Crippen molar-refractivity contribution in [3.63, 3.8) is 0 Å². The monoisotopic (exact) mass is 493 g/mol. The lowest BCUT2D eigenvalue weighted by Crippen LogP contribution is -2.70. The number of hydrogen-bond acceptors (Lipinski definition) is 6. The number of thiazole rings is 1. The van der Waals surface area contributed by atoms with Gasteiger partial charge >= 0.3 is 0 Å². The summed E-state index contributed by atoms with van der Waals surface area (Å²) < 4.78 is 18.9. The smallest absolute Gasteiger partial charge is 0.271 e. The molecule has 4 saturated carbocycles. The number of carbonyl (C=O) groups is 2. The molecule has 4 aliphatic rings. The Morgan fingerprint density at radius 1 is 1.24 bits per heavy atom. The Morgan fingerprint density at radius 3 is 2.67 bits per heavy atom. The largest absolute Gasteiger partial charge is 0.484 e. The van der Waals surface area contributed by atoms with Crippen molar-refractivity contribution < 1.29 is 23.8 Å². The zero-order valence-electron chi connectivity index (χ0n) is 17.9. The van der Waals surface area contributed by atoms with Gasteiger partial charge in [0.1, 0.15) is 17.3 Å². The van der Waals surface area contributed by atoms with Gasteiger partial charge in [-0.05, 0) is 57.1 Å². The zero-order valence-corrected chi connectivity index (χ0v) is 19.5. The summed E-state index contributed by atoms with van der Waals surface area (Å²) in [6.45, 7) is -0.301. The Hall–Kier alpha value is -2.23. The normalized spacial score (nSPS) is 28.4. The first-order valence-electron chi connectivity index (χ1n) is 11.1. The maximum absolute atomic E-state index is 13.5. The molecule has 0 spiro atoms. The molecular formula is C23H25ClFN3O4S. The van der Waals surface area contributed by atoms with Gasteiger partial charge in [0.15, 0.2) is 6.61 Å². The highest BCUT2D eigenvalue weighted by Gasteiger charge is 2.55. The van der Waals surface area contributed by atoms with Crippen molar-refractivity contribution in [3.8, 4) is 5.75 Å². The number of aliphatic hydroxyl groups excluding tert-OH is 1. The van der Waals surface area contributed by atoms with Gasteiger partial charge in [-0.25, -0.2) is 9.37 Å². The number of nitrogens with one attached hydrogen (secondary N) is 2. The molecule has 0 radical (unpaired) electrons. The molecule has 6 rings (SSSR count). The number of nitrogens with zero attached hydrogens (tertiary/aromatic N) is 1. The summed E-state index contributed by atoms with van der Waals surface area (Å²) in [5.41, 5.74) is -0.806. The lowest BCUT2D eigenvalue weighted by Gasteiger charge is -2.56. The average Bonchev–Trinajstić information content (AvgIpc) is 3.52. The number of halogens is 2. The maximum Gasteiger partial charge on any atom is 0.271 e. The third kappa shape index (κ3) is 4.58. The Morgan fingerprint density at radius 2 is 2.00 bits per heavy atom. The fourth-order valence-corrected chi connectivity index (χ4v) is 5.99. The number of amides is 2. The molecule has 176 valence electrons. The maximum atomic E-state index is 13.5. The minimum absolute atomic E-state index is 0.0214. The second-order valence-corrected chi connectivity index (χ2v) is 10.7. The molecule has 4 aliphatic carbocycles. The lowest BCUT2D eigenvalue weighted by molar-refractivity contribution is -0.132. The van der Waals surface area contributed by atoms with Crippen molar-refractivity contribution in [2.24, 2.45) is 0 Å². The van der Waals surface area contributed by atoms with E-state index in [9.17, 15) is 19.1 Å². The predicted molar refractivity (Wildman–Crippen MR) is 121 cm³/mol. The molecule has 33 heavy (non-hydrogen) atoms. The van der Waals surface area contributed by atoms with Gasteiger partial charge in [0.25, 0.3) is 11.8 Å². The molecule has 0 aliphatic heterocycles. The van der Waals surface area contributed by atoms with Crippen molar-refractivity contribution >= 4 is 34.8 Å². The summed E-state index contributed by atoms with van der Waals surface area (Å²) in [6.07, 6.45) is 4.23. The molecule has 7 nitrogen and oxygen atoms in total. The van der Waals surface area contributed by atoms with Crippen molar-refractivity contribution in [1.29, 1.82) is 0 Å². The van der Waals surface area contributed by atoms with E-state index in [1.54, 1.807) is 5.38 Å². The van der Waals surface area contributed by atoms with Gasteiger partial charge in [-0.3, -0.25) is 9.59 Å². The number of benzene rings is 1. The first-order valence-corrected chi connectivity index (χ1v) is 12.4. The molecule has 4 fully saturated rings. The molecule has 3 N–H and O–H groups in total. The summed E-state index contributed by atoms with van der Waals surface area (Å²) >= 11 is 7.19. The summed E-state index contributed by atoms with van der Waals surface area (Å²) in [7, 11) is 0. The van der Waals surface area contributed by atoms with Gasteiger partial charge in [-0.15, -0.1) is 11.3 Å². The molecule has 0 unspecified atom stereocenters. The standard InChI is InChI=1S/C23H25ClFN3O4S/c24-15-4-3-14(9-16(15)25)32-11-19(30)27-23-7-5-22(6-8-23,10-18(23)29)28-20(31)17-12-33-21(26-17)13-1-2-13/h3-4,9,12-13,18,29H,1-2,5-8,10-11H2,(H,27,30)(H,28,31)/t18-,22?,23?/m0/s1. The van der Waals surface area contributed by atoms with Crippen LogP contribution in [0.1, 0.15) is 66.4 Å². The molecule has 1 aromatic heterocycles. The molecule has 2 amide bonds. The summed E-state index contributed by atoms with van der Waals surface area (Å²) in [5, 5.41) is 19.8. The van der Waals surface area contributed by atoms with Gasteiger partial charge in [-0.1, -0.05) is 11.6 Å². The lowest BCUT2D eigenvalue weighted by atomic mass is 9.60. The molecular weight excluding hydrogens is 469 g/mol. The van der Waals surface area contributed by atoms with Crippen LogP contribution in [0.15, 0.2) is 23.6 Å². The first-order chi connectivity index (χ1) is 15.8. The van der Waals surface area contributed by atoms with E-state index in [1.165, 1.54) is 23.5 Å². The van der Waals surface area contributed by atoms with Gasteiger partial charge in [0.2, 0.25) is 0 Å². The second kappa shape index (κ2) is 8.52. The number of fused-ring (bicyclic) bond motifs is 3. The van der Waals surface area contributed by atoms with Crippen LogP contribution in [-0.4, -0.2) is 45.7 Å². The van der Waals surface area contributed by atoms with E-state index in [0.717, 1.165) is 23.9 Å². The molecule has 10 heteroatoms. The average molecular weight is 494 g/mol. The molecule has 0 saturated heterocycles. The number of aromatic nitrogens is 1. The summed E-state index contributed by atoms with van der Waals surface area (Å²) in [4.78, 5) is 29.8. The minimum atomic E-state index is -0.797. The van der Waals surface area contributed by atoms with Crippen LogP contribution >= 0.6 is 22.9 Å². The predicted octanol–water partition coefficient (Wildman–Crippen LogP) is 3.55.